The molecular weight excluding hydrogens is 290 g/mol. The van der Waals surface area contributed by atoms with E-state index in [4.69, 9.17) is 0 Å². The number of carbonyl (C=O) groups is 1. The van der Waals surface area contributed by atoms with E-state index in [1.165, 1.54) is 11.9 Å². The van der Waals surface area contributed by atoms with Crippen molar-refractivity contribution >= 4 is 11.6 Å². The van der Waals surface area contributed by atoms with Gasteiger partial charge in [-0.3, -0.25) is 4.79 Å². The second-order valence-corrected chi connectivity index (χ2v) is 5.49. The van der Waals surface area contributed by atoms with Gasteiger partial charge in [-0.1, -0.05) is 24.3 Å². The van der Waals surface area contributed by atoms with Crippen LogP contribution >= 0.6 is 0 Å². The maximum Gasteiger partial charge on any atom is 0.258 e. The third-order valence-electron chi connectivity index (χ3n) is 4.06. The Morgan fingerprint density at radius 3 is 2.87 bits per heavy atom. The maximum absolute atomic E-state index is 12.9. The summed E-state index contributed by atoms with van der Waals surface area (Å²) in [7, 11) is 0. The number of benzene rings is 2. The molecule has 3 aromatic rings. The van der Waals surface area contributed by atoms with Gasteiger partial charge >= 0.3 is 0 Å². The number of fused-ring (bicyclic) bond motifs is 1. The summed E-state index contributed by atoms with van der Waals surface area (Å²) in [4.78, 5) is 14.8. The van der Waals surface area contributed by atoms with Crippen LogP contribution < -0.4 is 4.90 Å². The Kier molecular flexibility index (Phi) is 3.34. The fourth-order valence-electron chi connectivity index (χ4n) is 2.96. The van der Waals surface area contributed by atoms with Gasteiger partial charge in [0, 0.05) is 17.8 Å². The average Bonchev–Trinajstić information content (AvgIpc) is 3.15. The summed E-state index contributed by atoms with van der Waals surface area (Å²) in [6, 6.07) is 15.5. The molecule has 0 atom stereocenters. The molecule has 2 aromatic carbocycles. The highest BCUT2D eigenvalue weighted by atomic mass is 16.2. The summed E-state index contributed by atoms with van der Waals surface area (Å²) < 4.78 is 1.54. The molecule has 1 aliphatic heterocycles. The number of para-hydroxylation sites is 1. The number of aryl methyl sites for hydroxylation is 1. The summed E-state index contributed by atoms with van der Waals surface area (Å²) in [5.41, 5.74) is 3.64. The number of nitrogens with zero attached hydrogens (tertiary/aromatic N) is 5. The minimum Gasteiger partial charge on any atom is -0.308 e. The molecule has 2 heterocycles. The lowest BCUT2D eigenvalue weighted by Crippen LogP contribution is -2.35. The van der Waals surface area contributed by atoms with Crippen LogP contribution in [-0.2, 0) is 6.42 Å². The zero-order valence-corrected chi connectivity index (χ0v) is 12.5. The molecule has 114 valence electrons. The Hall–Kier alpha value is -3.02. The van der Waals surface area contributed by atoms with Crippen LogP contribution in [0.4, 0.5) is 5.69 Å². The first-order valence-corrected chi connectivity index (χ1v) is 7.56. The van der Waals surface area contributed by atoms with E-state index in [0.717, 1.165) is 30.8 Å². The summed E-state index contributed by atoms with van der Waals surface area (Å²) in [6.07, 6.45) is 3.51. The molecule has 23 heavy (non-hydrogen) atoms. The predicted molar refractivity (Wildman–Crippen MR) is 85.6 cm³/mol. The van der Waals surface area contributed by atoms with E-state index in [-0.39, 0.29) is 5.91 Å². The van der Waals surface area contributed by atoms with Gasteiger partial charge in [-0.25, -0.2) is 4.68 Å². The molecule has 0 radical (unpaired) electrons. The van der Waals surface area contributed by atoms with Gasteiger partial charge in [0.1, 0.15) is 6.33 Å². The number of anilines is 1. The van der Waals surface area contributed by atoms with Crippen LogP contribution in [0.5, 0.6) is 0 Å². The first kappa shape index (κ1) is 13.6. The minimum atomic E-state index is 0.00655. The Labute approximate surface area is 133 Å². The standard InChI is InChI=1S/C17H15N5O/c23-17(21-10-4-7-13-5-1-2-9-16(13)21)14-6-3-8-15(11-14)22-12-18-19-20-22/h1-3,5-6,8-9,11-12H,4,7,10H2. The number of aromatic nitrogens is 4. The van der Waals surface area contributed by atoms with Crippen molar-refractivity contribution < 1.29 is 4.79 Å². The van der Waals surface area contributed by atoms with E-state index < -0.39 is 0 Å². The Morgan fingerprint density at radius 1 is 1.09 bits per heavy atom. The molecule has 0 spiro atoms. The number of rotatable bonds is 2. The quantitative estimate of drug-likeness (QED) is 0.728. The molecule has 1 aliphatic rings. The number of carbonyl (C=O) groups excluding carboxylic acids is 1. The van der Waals surface area contributed by atoms with Gasteiger partial charge in [0.05, 0.1) is 5.69 Å². The predicted octanol–water partition coefficient (Wildman–Crippen LogP) is 2.26. The largest absolute Gasteiger partial charge is 0.308 e. The van der Waals surface area contributed by atoms with Gasteiger partial charge in [-0.2, -0.15) is 0 Å². The molecule has 0 fully saturated rings. The monoisotopic (exact) mass is 305 g/mol. The van der Waals surface area contributed by atoms with E-state index in [2.05, 4.69) is 21.6 Å². The van der Waals surface area contributed by atoms with Gasteiger partial charge < -0.3 is 4.90 Å². The third kappa shape index (κ3) is 2.48. The first-order valence-electron chi connectivity index (χ1n) is 7.56. The molecule has 0 bridgehead atoms. The Morgan fingerprint density at radius 2 is 2.00 bits per heavy atom. The molecule has 0 N–H and O–H groups in total. The van der Waals surface area contributed by atoms with Crippen molar-refractivity contribution in [3.63, 3.8) is 0 Å². The number of amides is 1. The van der Waals surface area contributed by atoms with E-state index in [1.807, 2.05) is 47.4 Å². The summed E-state index contributed by atoms with van der Waals surface area (Å²) in [5, 5.41) is 11.1. The van der Waals surface area contributed by atoms with Gasteiger partial charge in [-0.15, -0.1) is 5.10 Å². The van der Waals surface area contributed by atoms with E-state index in [9.17, 15) is 4.79 Å². The number of hydrogen-bond acceptors (Lipinski definition) is 4. The highest BCUT2D eigenvalue weighted by Gasteiger charge is 2.23. The van der Waals surface area contributed by atoms with Gasteiger partial charge in [0.15, 0.2) is 0 Å². The zero-order valence-electron chi connectivity index (χ0n) is 12.5. The molecule has 0 unspecified atom stereocenters. The average molecular weight is 305 g/mol. The molecule has 4 rings (SSSR count). The van der Waals surface area contributed by atoms with Gasteiger partial charge in [0.25, 0.3) is 5.91 Å². The molecule has 0 aliphatic carbocycles. The highest BCUT2D eigenvalue weighted by molar-refractivity contribution is 6.07. The minimum absolute atomic E-state index is 0.00655. The van der Waals surface area contributed by atoms with Crippen LogP contribution in [0.3, 0.4) is 0 Å². The second-order valence-electron chi connectivity index (χ2n) is 5.49. The zero-order chi connectivity index (χ0) is 15.6. The van der Waals surface area contributed by atoms with Crippen LogP contribution in [0, 0.1) is 0 Å². The molecule has 0 saturated carbocycles. The third-order valence-corrected chi connectivity index (χ3v) is 4.06. The second kappa shape index (κ2) is 5.64. The number of tetrazole rings is 1. The molecular formula is C17H15N5O. The van der Waals surface area contributed by atoms with Crippen molar-refractivity contribution in [2.45, 2.75) is 12.8 Å². The van der Waals surface area contributed by atoms with Crippen LogP contribution in [0.25, 0.3) is 5.69 Å². The van der Waals surface area contributed by atoms with Crippen molar-refractivity contribution in [2.75, 3.05) is 11.4 Å². The van der Waals surface area contributed by atoms with Crippen LogP contribution in [0.15, 0.2) is 54.9 Å². The molecule has 1 amide bonds. The van der Waals surface area contributed by atoms with Crippen LogP contribution in [-0.4, -0.2) is 32.7 Å². The van der Waals surface area contributed by atoms with Crippen molar-refractivity contribution in [3.05, 3.63) is 66.0 Å². The Balaban J connectivity index is 1.69. The highest BCUT2D eigenvalue weighted by Crippen LogP contribution is 2.28. The van der Waals surface area contributed by atoms with E-state index >= 15 is 0 Å². The molecule has 1 aromatic heterocycles. The molecule has 0 saturated heterocycles. The molecule has 6 heteroatoms. The Bertz CT molecular complexity index is 844. The summed E-state index contributed by atoms with van der Waals surface area (Å²) in [5.74, 6) is 0.00655. The van der Waals surface area contributed by atoms with Crippen molar-refractivity contribution in [3.8, 4) is 5.69 Å². The lowest BCUT2D eigenvalue weighted by Gasteiger charge is -2.29. The van der Waals surface area contributed by atoms with Gasteiger partial charge in [0.2, 0.25) is 0 Å². The lowest BCUT2D eigenvalue weighted by molar-refractivity contribution is 0.0985. The lowest BCUT2D eigenvalue weighted by atomic mass is 10.0. The van der Waals surface area contributed by atoms with Crippen molar-refractivity contribution in [2.24, 2.45) is 0 Å². The maximum atomic E-state index is 12.9. The fourth-order valence-corrected chi connectivity index (χ4v) is 2.96. The van der Waals surface area contributed by atoms with Crippen molar-refractivity contribution in [1.29, 1.82) is 0 Å². The van der Waals surface area contributed by atoms with Crippen molar-refractivity contribution in [1.82, 2.24) is 20.2 Å². The smallest absolute Gasteiger partial charge is 0.258 e. The first-order chi connectivity index (χ1) is 11.3. The number of hydrogen-bond donors (Lipinski definition) is 0. The van der Waals surface area contributed by atoms with Crippen LogP contribution in [0.1, 0.15) is 22.3 Å². The topological polar surface area (TPSA) is 63.9 Å². The fraction of sp³-hybridized carbons (Fsp3) is 0.176. The molecule has 6 nitrogen and oxygen atoms in total. The van der Waals surface area contributed by atoms with Crippen LogP contribution in [0.2, 0.25) is 0 Å². The normalized spacial score (nSPS) is 13.7. The van der Waals surface area contributed by atoms with E-state index in [0.29, 0.717) is 5.56 Å². The van der Waals surface area contributed by atoms with Gasteiger partial charge in [-0.05, 0) is 53.1 Å². The van der Waals surface area contributed by atoms with E-state index in [1.54, 1.807) is 4.68 Å². The summed E-state index contributed by atoms with van der Waals surface area (Å²) in [6.45, 7) is 0.741. The summed E-state index contributed by atoms with van der Waals surface area (Å²) >= 11 is 0. The SMILES string of the molecule is O=C(c1cccc(-n2cnnn2)c1)N1CCCc2ccccc21.